The lowest BCUT2D eigenvalue weighted by Crippen LogP contribution is -2.42. The minimum atomic E-state index is -3.57. The van der Waals surface area contributed by atoms with Gasteiger partial charge < -0.3 is 14.8 Å². The standard InChI is InChI=1S/C17H25N3O6S/c1-13(2)11-18-17(22)19-16(21)12-26-14-3-5-15(6-4-14)27(23,24)20-7-9-25-10-8-20/h3-6,13H,7-12H2,1-2H3,(H2,18,19,21,22). The molecule has 1 aliphatic heterocycles. The minimum Gasteiger partial charge on any atom is -0.484 e. The summed E-state index contributed by atoms with van der Waals surface area (Å²) in [6, 6.07) is 5.21. The Morgan fingerprint density at radius 2 is 1.81 bits per heavy atom. The van der Waals surface area contributed by atoms with Crippen molar-refractivity contribution in [3.8, 4) is 5.75 Å². The van der Waals surface area contributed by atoms with Crippen LogP contribution in [-0.4, -0.2) is 64.1 Å². The molecule has 0 aliphatic carbocycles. The molecule has 1 aromatic rings. The summed E-state index contributed by atoms with van der Waals surface area (Å²) in [6.45, 7) is 5.37. The van der Waals surface area contributed by atoms with Crippen LogP contribution < -0.4 is 15.4 Å². The molecule has 150 valence electrons. The van der Waals surface area contributed by atoms with Gasteiger partial charge in [0.2, 0.25) is 10.0 Å². The molecule has 0 radical (unpaired) electrons. The number of hydrogen-bond donors (Lipinski definition) is 2. The molecule has 0 unspecified atom stereocenters. The van der Waals surface area contributed by atoms with E-state index in [-0.39, 0.29) is 17.4 Å². The Hall–Kier alpha value is -2.17. The van der Waals surface area contributed by atoms with E-state index in [0.29, 0.717) is 38.6 Å². The molecule has 9 nitrogen and oxygen atoms in total. The number of nitrogens with one attached hydrogen (secondary N) is 2. The Balaban J connectivity index is 1.84. The van der Waals surface area contributed by atoms with E-state index in [1.807, 2.05) is 13.8 Å². The summed E-state index contributed by atoms with van der Waals surface area (Å²) in [6.07, 6.45) is 0. The van der Waals surface area contributed by atoms with Crippen LogP contribution in [0.4, 0.5) is 4.79 Å². The molecule has 0 bridgehead atoms. The molecule has 0 atom stereocenters. The van der Waals surface area contributed by atoms with E-state index >= 15 is 0 Å². The van der Waals surface area contributed by atoms with Gasteiger partial charge in [-0.25, -0.2) is 13.2 Å². The molecule has 0 aromatic heterocycles. The van der Waals surface area contributed by atoms with Gasteiger partial charge in [0.05, 0.1) is 18.1 Å². The van der Waals surface area contributed by atoms with E-state index in [4.69, 9.17) is 9.47 Å². The van der Waals surface area contributed by atoms with Crippen LogP contribution in [0.5, 0.6) is 5.75 Å². The van der Waals surface area contributed by atoms with Crippen molar-refractivity contribution in [2.45, 2.75) is 18.7 Å². The molecule has 3 amide bonds. The molecular weight excluding hydrogens is 374 g/mol. The van der Waals surface area contributed by atoms with Gasteiger partial charge in [-0.2, -0.15) is 4.31 Å². The van der Waals surface area contributed by atoms with Crippen LogP contribution in [0.2, 0.25) is 0 Å². The smallest absolute Gasteiger partial charge is 0.321 e. The van der Waals surface area contributed by atoms with Crippen LogP contribution in [0.1, 0.15) is 13.8 Å². The second-order valence-corrected chi connectivity index (χ2v) is 8.37. The molecule has 1 aromatic carbocycles. The highest BCUT2D eigenvalue weighted by atomic mass is 32.2. The number of carbonyl (C=O) groups excluding carboxylic acids is 2. The fraction of sp³-hybridized carbons (Fsp3) is 0.529. The first-order chi connectivity index (χ1) is 12.8. The Labute approximate surface area is 159 Å². The van der Waals surface area contributed by atoms with Crippen molar-refractivity contribution >= 4 is 22.0 Å². The SMILES string of the molecule is CC(C)CNC(=O)NC(=O)COc1ccc(S(=O)(=O)N2CCOCC2)cc1. The lowest BCUT2D eigenvalue weighted by atomic mass is 10.2. The number of amides is 3. The number of nitrogens with zero attached hydrogens (tertiary/aromatic N) is 1. The average molecular weight is 399 g/mol. The summed E-state index contributed by atoms with van der Waals surface area (Å²) >= 11 is 0. The van der Waals surface area contributed by atoms with Gasteiger partial charge in [0.1, 0.15) is 5.75 Å². The van der Waals surface area contributed by atoms with E-state index in [2.05, 4.69) is 10.6 Å². The molecular formula is C17H25N3O6S. The predicted octanol–water partition coefficient (Wildman–Crippen LogP) is 0.568. The van der Waals surface area contributed by atoms with Crippen molar-refractivity contribution in [3.63, 3.8) is 0 Å². The van der Waals surface area contributed by atoms with Gasteiger partial charge in [-0.1, -0.05) is 13.8 Å². The maximum absolute atomic E-state index is 12.5. The molecule has 1 fully saturated rings. The third-order valence-electron chi connectivity index (χ3n) is 3.73. The second kappa shape index (κ2) is 9.67. The predicted molar refractivity (Wildman–Crippen MR) is 97.9 cm³/mol. The van der Waals surface area contributed by atoms with Gasteiger partial charge in [-0.15, -0.1) is 0 Å². The monoisotopic (exact) mass is 399 g/mol. The number of ether oxygens (including phenoxy) is 2. The number of rotatable bonds is 7. The first-order valence-electron chi connectivity index (χ1n) is 8.67. The third-order valence-corrected chi connectivity index (χ3v) is 5.64. The first-order valence-corrected chi connectivity index (χ1v) is 10.1. The molecule has 1 aliphatic rings. The highest BCUT2D eigenvalue weighted by molar-refractivity contribution is 7.89. The van der Waals surface area contributed by atoms with E-state index in [1.54, 1.807) is 0 Å². The molecule has 2 rings (SSSR count). The molecule has 0 spiro atoms. The topological polar surface area (TPSA) is 114 Å². The summed E-state index contributed by atoms with van der Waals surface area (Å²) in [4.78, 5) is 23.3. The van der Waals surface area contributed by atoms with Crippen LogP contribution in [0.25, 0.3) is 0 Å². The highest BCUT2D eigenvalue weighted by Crippen LogP contribution is 2.20. The number of morpholine rings is 1. The van der Waals surface area contributed by atoms with E-state index < -0.39 is 22.0 Å². The van der Waals surface area contributed by atoms with Gasteiger partial charge in [-0.05, 0) is 30.2 Å². The molecule has 1 heterocycles. The van der Waals surface area contributed by atoms with Gasteiger partial charge in [0.25, 0.3) is 5.91 Å². The lowest BCUT2D eigenvalue weighted by Gasteiger charge is -2.26. The minimum absolute atomic E-state index is 0.147. The largest absolute Gasteiger partial charge is 0.484 e. The van der Waals surface area contributed by atoms with Crippen molar-refractivity contribution < 1.29 is 27.5 Å². The van der Waals surface area contributed by atoms with E-state index in [1.165, 1.54) is 28.6 Å². The fourth-order valence-electron chi connectivity index (χ4n) is 2.30. The summed E-state index contributed by atoms with van der Waals surface area (Å²) in [5.41, 5.74) is 0. The Morgan fingerprint density at radius 1 is 1.19 bits per heavy atom. The summed E-state index contributed by atoms with van der Waals surface area (Å²) < 4.78 is 36.9. The van der Waals surface area contributed by atoms with Gasteiger partial charge in [0, 0.05) is 19.6 Å². The van der Waals surface area contributed by atoms with Crippen molar-refractivity contribution in [2.75, 3.05) is 39.5 Å². The Bertz CT molecular complexity index is 742. The van der Waals surface area contributed by atoms with Crippen molar-refractivity contribution in [3.05, 3.63) is 24.3 Å². The van der Waals surface area contributed by atoms with Crippen LogP contribution >= 0.6 is 0 Å². The van der Waals surface area contributed by atoms with Crippen LogP contribution in [0.15, 0.2) is 29.2 Å². The Kier molecular flexibility index (Phi) is 7.57. The van der Waals surface area contributed by atoms with E-state index in [0.717, 1.165) is 0 Å². The number of carbonyl (C=O) groups is 2. The maximum atomic E-state index is 12.5. The van der Waals surface area contributed by atoms with Crippen molar-refractivity contribution in [2.24, 2.45) is 5.92 Å². The summed E-state index contributed by atoms with van der Waals surface area (Å²) in [5.74, 6) is 0.00398. The molecule has 1 saturated heterocycles. The van der Waals surface area contributed by atoms with Gasteiger partial charge in [0.15, 0.2) is 6.61 Å². The third kappa shape index (κ3) is 6.49. The van der Waals surface area contributed by atoms with Crippen LogP contribution in [0, 0.1) is 5.92 Å². The zero-order valence-corrected chi connectivity index (χ0v) is 16.3. The van der Waals surface area contributed by atoms with Crippen LogP contribution in [-0.2, 0) is 19.6 Å². The quantitative estimate of drug-likeness (QED) is 0.693. The Morgan fingerprint density at radius 3 is 2.41 bits per heavy atom. The number of sulfonamides is 1. The number of imide groups is 1. The molecule has 0 saturated carbocycles. The molecule has 27 heavy (non-hydrogen) atoms. The molecule has 10 heteroatoms. The lowest BCUT2D eigenvalue weighted by molar-refractivity contribution is -0.122. The summed E-state index contributed by atoms with van der Waals surface area (Å²) in [7, 11) is -3.57. The normalized spacial score (nSPS) is 15.4. The summed E-state index contributed by atoms with van der Waals surface area (Å²) in [5, 5.41) is 4.72. The number of urea groups is 1. The van der Waals surface area contributed by atoms with Crippen LogP contribution in [0.3, 0.4) is 0 Å². The second-order valence-electron chi connectivity index (χ2n) is 6.43. The maximum Gasteiger partial charge on any atom is 0.321 e. The van der Waals surface area contributed by atoms with Gasteiger partial charge in [-0.3, -0.25) is 10.1 Å². The highest BCUT2D eigenvalue weighted by Gasteiger charge is 2.26. The fourth-order valence-corrected chi connectivity index (χ4v) is 3.70. The van der Waals surface area contributed by atoms with Gasteiger partial charge >= 0.3 is 6.03 Å². The first kappa shape index (κ1) is 21.1. The van der Waals surface area contributed by atoms with Crippen molar-refractivity contribution in [1.29, 1.82) is 0 Å². The zero-order chi connectivity index (χ0) is 19.9. The van der Waals surface area contributed by atoms with E-state index in [9.17, 15) is 18.0 Å². The van der Waals surface area contributed by atoms with Crippen molar-refractivity contribution in [1.82, 2.24) is 14.9 Å². The zero-order valence-electron chi connectivity index (χ0n) is 15.4. The molecule has 2 N–H and O–H groups in total. The number of hydrogen-bond acceptors (Lipinski definition) is 6. The average Bonchev–Trinajstić information content (AvgIpc) is 2.66. The number of benzene rings is 1.